The summed E-state index contributed by atoms with van der Waals surface area (Å²) in [7, 11) is 1.27. The lowest BCUT2D eigenvalue weighted by molar-refractivity contribution is -0.137. The number of methoxy groups -OCH3 is 1. The largest absolute Gasteiger partial charge is 0.488 e. The van der Waals surface area contributed by atoms with Gasteiger partial charge in [-0.15, -0.1) is 0 Å². The maximum Gasteiger partial charge on any atom is 0.407 e. The molecule has 2 aromatic heterocycles. The summed E-state index contributed by atoms with van der Waals surface area (Å²) >= 11 is 0. The summed E-state index contributed by atoms with van der Waals surface area (Å²) in [6, 6.07) is 19.3. The van der Waals surface area contributed by atoms with Gasteiger partial charge in [0.25, 0.3) is 0 Å². The molecule has 2 aliphatic carbocycles. The molecule has 4 N–H and O–H groups in total. The lowest BCUT2D eigenvalue weighted by Crippen LogP contribution is -2.43. The number of nitrogens with zero attached hydrogens (tertiary/aromatic N) is 4. The molecule has 3 aromatic carbocycles. The Hall–Kier alpha value is -6.44. The number of nitrogens with one attached hydrogen (secondary N) is 4. The first-order chi connectivity index (χ1) is 28.7. The van der Waals surface area contributed by atoms with E-state index in [0.29, 0.717) is 37.9 Å². The molecule has 0 bridgehead atoms. The van der Waals surface area contributed by atoms with Gasteiger partial charge in [-0.05, 0) is 84.5 Å². The van der Waals surface area contributed by atoms with Crippen LogP contribution < -0.4 is 15.4 Å². The van der Waals surface area contributed by atoms with E-state index in [0.717, 1.165) is 94.7 Å². The molecular weight excluding hydrogens is 749 g/mol. The predicted octanol–water partition coefficient (Wildman–Crippen LogP) is 6.23. The number of rotatable bonds is 15. The Bertz CT molecular complexity index is 2370. The molecule has 1 fully saturated rings. The molecular formula is C45H50N8O6. The maximum absolute atomic E-state index is 14.1. The lowest BCUT2D eigenvalue weighted by Gasteiger charge is -2.27. The summed E-state index contributed by atoms with van der Waals surface area (Å²) in [5, 5.41) is 5.50. The third-order valence-corrected chi connectivity index (χ3v) is 11.2. The highest BCUT2D eigenvalue weighted by Gasteiger charge is 2.35. The van der Waals surface area contributed by atoms with Crippen LogP contribution in [0.1, 0.15) is 79.6 Å². The van der Waals surface area contributed by atoms with Gasteiger partial charge in [0.05, 0.1) is 37.8 Å². The first kappa shape index (κ1) is 39.4. The molecule has 1 atom stereocenters. The lowest BCUT2D eigenvalue weighted by atomic mass is 9.86. The van der Waals surface area contributed by atoms with Crippen molar-refractivity contribution in [3.63, 3.8) is 0 Å². The zero-order chi connectivity index (χ0) is 41.0. The molecule has 0 unspecified atom stereocenters. The molecule has 14 nitrogen and oxygen atoms in total. The summed E-state index contributed by atoms with van der Waals surface area (Å²) in [6.45, 7) is 5.93. The maximum atomic E-state index is 14.1. The van der Waals surface area contributed by atoms with Gasteiger partial charge in [-0.3, -0.25) is 14.4 Å². The van der Waals surface area contributed by atoms with Crippen LogP contribution in [0.4, 0.5) is 4.79 Å². The van der Waals surface area contributed by atoms with E-state index in [1.54, 1.807) is 16.0 Å². The van der Waals surface area contributed by atoms with Crippen molar-refractivity contribution in [3.8, 4) is 39.4 Å². The SMILES string of the molecule is CCCN(Cc1nc2c([nH]1)CCc1cc3c(cc1-2)OCc1cc(-c2cnc(CN(CCC)C(=O)[C@H](NC(=O)C4CC4)c4ccccc4)[nH]2)ccc1-3)C(=O)CNC(=O)OC. The highest BCUT2D eigenvalue weighted by atomic mass is 16.5. The highest BCUT2D eigenvalue weighted by Crippen LogP contribution is 2.44. The number of aryl methyl sites for hydroxylation is 2. The van der Waals surface area contributed by atoms with E-state index in [1.165, 1.54) is 12.7 Å². The van der Waals surface area contributed by atoms with Crippen LogP contribution in [0.3, 0.4) is 0 Å². The number of aromatic amines is 2. The molecule has 8 rings (SSSR count). The number of alkyl carbamates (subject to hydrolysis) is 1. The monoisotopic (exact) mass is 798 g/mol. The smallest absolute Gasteiger partial charge is 0.407 e. The Morgan fingerprint density at radius 2 is 1.66 bits per heavy atom. The summed E-state index contributed by atoms with van der Waals surface area (Å²) < 4.78 is 11.0. The summed E-state index contributed by atoms with van der Waals surface area (Å²) in [4.78, 5) is 71.4. The molecule has 3 heterocycles. The van der Waals surface area contributed by atoms with E-state index in [1.807, 2.05) is 44.2 Å². The van der Waals surface area contributed by atoms with Crippen molar-refractivity contribution in [2.75, 3.05) is 26.7 Å². The Morgan fingerprint density at radius 1 is 0.881 bits per heavy atom. The predicted molar refractivity (Wildman–Crippen MR) is 221 cm³/mol. The normalized spacial score (nSPS) is 14.1. The van der Waals surface area contributed by atoms with Gasteiger partial charge in [0.1, 0.15) is 36.6 Å². The molecule has 1 aliphatic heterocycles. The topological polar surface area (TPSA) is 175 Å². The van der Waals surface area contributed by atoms with Gasteiger partial charge in [0.15, 0.2) is 0 Å². The Kier molecular flexibility index (Phi) is 11.5. The van der Waals surface area contributed by atoms with Crippen LogP contribution in [-0.4, -0.2) is 80.3 Å². The van der Waals surface area contributed by atoms with Crippen molar-refractivity contribution < 1.29 is 28.7 Å². The molecule has 0 saturated heterocycles. The van der Waals surface area contributed by atoms with Gasteiger partial charge >= 0.3 is 6.09 Å². The molecule has 14 heteroatoms. The molecule has 5 aromatic rings. The summed E-state index contributed by atoms with van der Waals surface area (Å²) in [5.41, 5.74) is 9.88. The fraction of sp³-hybridized carbons (Fsp3) is 0.378. The number of fused-ring (bicyclic) bond motifs is 6. The molecule has 306 valence electrons. The van der Waals surface area contributed by atoms with E-state index < -0.39 is 12.1 Å². The average molecular weight is 799 g/mol. The standard InChI is InChI=1S/C45H50N8O6/c1-4-17-52(40(54)23-47-45(57)58-3)25-39-48-35-16-14-29-20-34-32-15-13-30(19-31(32)26-59-37(34)21-33(29)42(35)50-39)36-22-46-38(49-36)24-53(18-5-2)44(56)41(27-9-7-6-8-10-27)51-43(55)28-11-12-28/h6-10,13,15,19-22,28,41H,4-5,11-12,14,16-18,23-26H2,1-3H3,(H,46,49)(H,47,57)(H,48,50)(H,51,55)/t41-/m1/s1. The van der Waals surface area contributed by atoms with Gasteiger partial charge < -0.3 is 39.9 Å². The summed E-state index contributed by atoms with van der Waals surface area (Å²) in [5.74, 6) is 1.70. The fourth-order valence-electron chi connectivity index (χ4n) is 7.99. The molecule has 4 amide bonds. The third kappa shape index (κ3) is 8.57. The number of ether oxygens (including phenoxy) is 2. The Balaban J connectivity index is 0.978. The molecule has 3 aliphatic rings. The Morgan fingerprint density at radius 3 is 2.42 bits per heavy atom. The van der Waals surface area contributed by atoms with Crippen LogP contribution in [0.2, 0.25) is 0 Å². The van der Waals surface area contributed by atoms with E-state index in [-0.39, 0.29) is 36.7 Å². The number of H-pyrrole nitrogens is 2. The Labute approximate surface area is 343 Å². The third-order valence-electron chi connectivity index (χ3n) is 11.2. The number of amides is 4. The van der Waals surface area contributed by atoms with Crippen molar-refractivity contribution in [2.24, 2.45) is 5.92 Å². The first-order valence-corrected chi connectivity index (χ1v) is 20.5. The number of imidazole rings is 2. The van der Waals surface area contributed by atoms with Gasteiger partial charge in [0.2, 0.25) is 17.7 Å². The van der Waals surface area contributed by atoms with Crippen molar-refractivity contribution in [1.82, 2.24) is 40.4 Å². The minimum Gasteiger partial charge on any atom is -0.488 e. The van der Waals surface area contributed by atoms with Crippen LogP contribution in [-0.2, 0) is 51.7 Å². The van der Waals surface area contributed by atoms with Crippen molar-refractivity contribution in [3.05, 3.63) is 101 Å². The highest BCUT2D eigenvalue weighted by molar-refractivity contribution is 5.90. The van der Waals surface area contributed by atoms with Gasteiger partial charge in [-0.25, -0.2) is 14.8 Å². The first-order valence-electron chi connectivity index (χ1n) is 20.5. The number of carbonyl (C=O) groups excluding carboxylic acids is 4. The van der Waals surface area contributed by atoms with Gasteiger partial charge in [-0.1, -0.05) is 56.3 Å². The second kappa shape index (κ2) is 17.2. The minimum atomic E-state index is -0.763. The van der Waals surface area contributed by atoms with Crippen molar-refractivity contribution in [2.45, 2.75) is 78.1 Å². The van der Waals surface area contributed by atoms with Crippen LogP contribution >= 0.6 is 0 Å². The second-order valence-corrected chi connectivity index (χ2v) is 15.5. The van der Waals surface area contributed by atoms with E-state index in [9.17, 15) is 19.2 Å². The average Bonchev–Trinajstić information content (AvgIpc) is 3.87. The number of carbonyl (C=O) groups is 4. The number of benzene rings is 3. The number of aromatic nitrogens is 4. The zero-order valence-electron chi connectivity index (χ0n) is 33.7. The van der Waals surface area contributed by atoms with Crippen LogP contribution in [0.5, 0.6) is 5.75 Å². The minimum absolute atomic E-state index is 0.0140. The second-order valence-electron chi connectivity index (χ2n) is 15.5. The van der Waals surface area contributed by atoms with Crippen molar-refractivity contribution in [1.29, 1.82) is 0 Å². The van der Waals surface area contributed by atoms with Gasteiger partial charge in [0, 0.05) is 35.8 Å². The quantitative estimate of drug-likeness (QED) is 0.0965. The molecule has 0 spiro atoms. The molecule has 0 radical (unpaired) electrons. The van der Waals surface area contributed by atoms with E-state index in [2.05, 4.69) is 60.7 Å². The fourth-order valence-corrected chi connectivity index (χ4v) is 7.99. The van der Waals surface area contributed by atoms with Gasteiger partial charge in [-0.2, -0.15) is 0 Å². The van der Waals surface area contributed by atoms with Crippen molar-refractivity contribution >= 4 is 23.8 Å². The van der Waals surface area contributed by atoms with E-state index in [4.69, 9.17) is 9.72 Å². The van der Waals surface area contributed by atoms with Crippen LogP contribution in [0.25, 0.3) is 33.6 Å². The van der Waals surface area contributed by atoms with Crippen LogP contribution in [0.15, 0.2) is 66.9 Å². The van der Waals surface area contributed by atoms with Crippen LogP contribution in [0, 0.1) is 5.92 Å². The zero-order valence-corrected chi connectivity index (χ0v) is 33.7. The molecule has 1 saturated carbocycles. The number of hydrogen-bond donors (Lipinski definition) is 4. The van der Waals surface area contributed by atoms with E-state index >= 15 is 0 Å². The molecule has 59 heavy (non-hydrogen) atoms. The summed E-state index contributed by atoms with van der Waals surface area (Å²) in [6.07, 6.45) is 6.02. The number of hydrogen-bond acceptors (Lipinski definition) is 8.